The first-order chi connectivity index (χ1) is 10.1. The molecule has 21 heavy (non-hydrogen) atoms. The van der Waals surface area contributed by atoms with E-state index in [0.29, 0.717) is 5.92 Å². The Morgan fingerprint density at radius 2 is 2.19 bits per heavy atom. The Hall–Kier alpha value is -2.01. The van der Waals surface area contributed by atoms with E-state index in [9.17, 15) is 4.79 Å². The zero-order chi connectivity index (χ0) is 14.6. The van der Waals surface area contributed by atoms with Crippen molar-refractivity contribution in [2.24, 2.45) is 5.73 Å². The van der Waals surface area contributed by atoms with Gasteiger partial charge in [-0.05, 0) is 36.5 Å². The van der Waals surface area contributed by atoms with Gasteiger partial charge >= 0.3 is 5.97 Å². The standard InChI is InChI=1S/C16H19N3O2/c17-12(8-14(20)21)10-1-2-13-11(7-10)15-9-3-5-19(6-4-9)16(15)18-13/h1-2,7,9,12,18H,3-6,8,17H2,(H,20,21). The number of H-pyrrole nitrogens is 1. The van der Waals surface area contributed by atoms with Gasteiger partial charge in [0.1, 0.15) is 5.82 Å². The Bertz CT molecular complexity index is 714. The zero-order valence-corrected chi connectivity index (χ0v) is 11.8. The largest absolute Gasteiger partial charge is 0.481 e. The summed E-state index contributed by atoms with van der Waals surface area (Å²) >= 11 is 0. The van der Waals surface area contributed by atoms with Crippen molar-refractivity contribution in [3.8, 4) is 0 Å². The quantitative estimate of drug-likeness (QED) is 0.808. The van der Waals surface area contributed by atoms with E-state index in [1.54, 1.807) is 0 Å². The summed E-state index contributed by atoms with van der Waals surface area (Å²) < 4.78 is 0. The van der Waals surface area contributed by atoms with Crippen molar-refractivity contribution in [3.05, 3.63) is 29.3 Å². The average molecular weight is 285 g/mol. The van der Waals surface area contributed by atoms with Gasteiger partial charge in [-0.25, -0.2) is 0 Å². The molecule has 3 aliphatic rings. The fourth-order valence-electron chi connectivity index (χ4n) is 3.81. The molecule has 1 fully saturated rings. The topological polar surface area (TPSA) is 82.4 Å². The molecule has 1 aromatic heterocycles. The number of fused-ring (bicyclic) bond motifs is 3. The number of nitrogens with zero attached hydrogens (tertiary/aromatic N) is 1. The van der Waals surface area contributed by atoms with E-state index < -0.39 is 12.0 Å². The number of carboxylic acid groups (broad SMARTS) is 1. The van der Waals surface area contributed by atoms with Gasteiger partial charge in [-0.1, -0.05) is 6.07 Å². The van der Waals surface area contributed by atoms with Crippen LogP contribution in [0, 0.1) is 0 Å². The first-order valence-corrected chi connectivity index (χ1v) is 7.51. The third kappa shape index (κ3) is 1.92. The lowest BCUT2D eigenvalue weighted by atomic mass is 9.84. The molecule has 110 valence electrons. The highest BCUT2D eigenvalue weighted by Gasteiger charge is 2.33. The van der Waals surface area contributed by atoms with Gasteiger partial charge in [-0.15, -0.1) is 0 Å². The molecule has 0 radical (unpaired) electrons. The maximum atomic E-state index is 10.8. The zero-order valence-electron chi connectivity index (χ0n) is 11.8. The van der Waals surface area contributed by atoms with Crippen molar-refractivity contribution in [2.75, 3.05) is 18.0 Å². The molecule has 0 spiro atoms. The number of aromatic amines is 1. The van der Waals surface area contributed by atoms with Crippen LogP contribution < -0.4 is 10.6 Å². The smallest absolute Gasteiger partial charge is 0.305 e. The minimum Gasteiger partial charge on any atom is -0.481 e. The van der Waals surface area contributed by atoms with Crippen molar-refractivity contribution in [1.29, 1.82) is 0 Å². The molecule has 1 aromatic carbocycles. The molecule has 5 rings (SSSR count). The van der Waals surface area contributed by atoms with Crippen molar-refractivity contribution >= 4 is 22.7 Å². The van der Waals surface area contributed by atoms with Gasteiger partial charge in [0, 0.05) is 35.6 Å². The summed E-state index contributed by atoms with van der Waals surface area (Å²) in [7, 11) is 0. The number of anilines is 1. The highest BCUT2D eigenvalue weighted by atomic mass is 16.4. The highest BCUT2D eigenvalue weighted by molar-refractivity contribution is 5.91. The molecule has 0 amide bonds. The van der Waals surface area contributed by atoms with E-state index >= 15 is 0 Å². The summed E-state index contributed by atoms with van der Waals surface area (Å²) in [5.74, 6) is 1.03. The second kappa shape index (κ2) is 4.49. The number of benzene rings is 1. The lowest BCUT2D eigenvalue weighted by Crippen LogP contribution is -2.38. The van der Waals surface area contributed by atoms with Crippen LogP contribution in [-0.4, -0.2) is 29.1 Å². The molecule has 5 nitrogen and oxygen atoms in total. The first-order valence-electron chi connectivity index (χ1n) is 7.51. The molecule has 1 saturated heterocycles. The van der Waals surface area contributed by atoms with Gasteiger partial charge in [0.15, 0.2) is 0 Å². The van der Waals surface area contributed by atoms with Crippen molar-refractivity contribution < 1.29 is 9.90 Å². The molecular formula is C16H19N3O2. The maximum Gasteiger partial charge on any atom is 0.305 e. The number of aliphatic carboxylic acids is 1. The van der Waals surface area contributed by atoms with Gasteiger partial charge in [0.05, 0.1) is 6.42 Å². The Balaban J connectivity index is 1.81. The number of hydrogen-bond donors (Lipinski definition) is 3. The Kier molecular flexibility index (Phi) is 2.72. The second-order valence-corrected chi connectivity index (χ2v) is 6.16. The SMILES string of the molecule is NC(CC(=O)O)c1ccc2[nH]c3c(c2c1)C1CCN3CC1. The molecule has 1 atom stereocenters. The molecule has 0 saturated carbocycles. The van der Waals surface area contributed by atoms with Crippen LogP contribution in [0.25, 0.3) is 10.9 Å². The predicted molar refractivity (Wildman–Crippen MR) is 81.7 cm³/mol. The lowest BCUT2D eigenvalue weighted by molar-refractivity contribution is -0.137. The van der Waals surface area contributed by atoms with Crippen LogP contribution in [0.3, 0.4) is 0 Å². The van der Waals surface area contributed by atoms with Crippen LogP contribution in [-0.2, 0) is 4.79 Å². The predicted octanol–water partition coefficient (Wildman–Crippen LogP) is 2.34. The van der Waals surface area contributed by atoms with Crippen molar-refractivity contribution in [3.63, 3.8) is 0 Å². The van der Waals surface area contributed by atoms with Gasteiger partial charge in [-0.2, -0.15) is 0 Å². The minimum absolute atomic E-state index is 0.0341. The minimum atomic E-state index is -0.858. The summed E-state index contributed by atoms with van der Waals surface area (Å²) in [5, 5.41) is 10.1. The second-order valence-electron chi connectivity index (χ2n) is 6.16. The Labute approximate surface area is 122 Å². The van der Waals surface area contributed by atoms with Crippen LogP contribution in [0.2, 0.25) is 0 Å². The summed E-state index contributed by atoms with van der Waals surface area (Å²) in [4.78, 5) is 16.8. The molecule has 2 bridgehead atoms. The molecule has 2 aromatic rings. The molecule has 1 unspecified atom stereocenters. The van der Waals surface area contributed by atoms with Crippen LogP contribution in [0.15, 0.2) is 18.2 Å². The Morgan fingerprint density at radius 3 is 2.90 bits per heavy atom. The number of nitrogens with one attached hydrogen (secondary N) is 1. The van der Waals surface area contributed by atoms with Gasteiger partial charge in [0.25, 0.3) is 0 Å². The lowest BCUT2D eigenvalue weighted by Gasteiger charge is -2.40. The van der Waals surface area contributed by atoms with E-state index in [4.69, 9.17) is 10.8 Å². The third-order valence-corrected chi connectivity index (χ3v) is 4.88. The normalized spacial score (nSPS) is 19.0. The molecular weight excluding hydrogens is 266 g/mol. The van der Waals surface area contributed by atoms with Crippen LogP contribution in [0.5, 0.6) is 0 Å². The molecule has 4 heterocycles. The fraction of sp³-hybridized carbons (Fsp3) is 0.438. The molecule has 3 aliphatic heterocycles. The van der Waals surface area contributed by atoms with E-state index in [2.05, 4.69) is 16.0 Å². The maximum absolute atomic E-state index is 10.8. The first kappa shape index (κ1) is 12.7. The number of piperidine rings is 1. The van der Waals surface area contributed by atoms with E-state index in [1.165, 1.54) is 29.6 Å². The number of rotatable bonds is 3. The monoisotopic (exact) mass is 285 g/mol. The van der Waals surface area contributed by atoms with Gasteiger partial charge in [0.2, 0.25) is 0 Å². The number of carboxylic acids is 1. The van der Waals surface area contributed by atoms with Gasteiger partial charge < -0.3 is 20.7 Å². The number of nitrogens with two attached hydrogens (primary N) is 1. The Morgan fingerprint density at radius 1 is 1.43 bits per heavy atom. The summed E-state index contributed by atoms with van der Waals surface area (Å²) in [6, 6.07) is 5.61. The number of aromatic nitrogens is 1. The highest BCUT2D eigenvalue weighted by Crippen LogP contribution is 2.46. The van der Waals surface area contributed by atoms with E-state index in [-0.39, 0.29) is 6.42 Å². The summed E-state index contributed by atoms with van der Waals surface area (Å²) in [6.45, 7) is 2.27. The van der Waals surface area contributed by atoms with Crippen LogP contribution >= 0.6 is 0 Å². The van der Waals surface area contributed by atoms with Crippen molar-refractivity contribution in [2.45, 2.75) is 31.2 Å². The molecule has 0 aliphatic carbocycles. The van der Waals surface area contributed by atoms with Gasteiger partial charge in [-0.3, -0.25) is 4.79 Å². The fourth-order valence-corrected chi connectivity index (χ4v) is 3.81. The number of carbonyl (C=O) groups is 1. The summed E-state index contributed by atoms with van der Waals surface area (Å²) in [6.07, 6.45) is 2.39. The number of hydrogen-bond acceptors (Lipinski definition) is 3. The third-order valence-electron chi connectivity index (χ3n) is 4.88. The van der Waals surface area contributed by atoms with Crippen molar-refractivity contribution in [1.82, 2.24) is 4.98 Å². The summed E-state index contributed by atoms with van der Waals surface area (Å²) in [5.41, 5.74) is 9.45. The molecule has 5 heteroatoms. The molecule has 4 N–H and O–H groups in total. The van der Waals surface area contributed by atoms with Crippen LogP contribution in [0.1, 0.15) is 42.3 Å². The van der Waals surface area contributed by atoms with Crippen LogP contribution in [0.4, 0.5) is 5.82 Å². The van der Waals surface area contributed by atoms with E-state index in [0.717, 1.165) is 24.2 Å². The average Bonchev–Trinajstić information content (AvgIpc) is 2.88. The van der Waals surface area contributed by atoms with E-state index in [1.807, 2.05) is 12.1 Å².